The van der Waals surface area contributed by atoms with Crippen molar-refractivity contribution in [2.45, 2.75) is 84.2 Å². The van der Waals surface area contributed by atoms with Gasteiger partial charge in [0, 0.05) is 0 Å². The highest BCUT2D eigenvalue weighted by atomic mass is 16.3. The Kier molecular flexibility index (Phi) is 3.05. The molecule has 0 radical (unpaired) electrons. The molecule has 4 saturated carbocycles. The topological polar surface area (TPSA) is 20.2 Å². The lowest BCUT2D eigenvalue weighted by Crippen LogP contribution is -2.53. The van der Waals surface area contributed by atoms with E-state index < -0.39 is 0 Å². The monoisotopic (exact) mass is 276 g/mol. The molecule has 0 unspecified atom stereocenters. The van der Waals surface area contributed by atoms with Crippen LogP contribution in [0.5, 0.6) is 0 Å². The van der Waals surface area contributed by atoms with Gasteiger partial charge in [-0.1, -0.05) is 20.3 Å². The number of hydrogen-bond acceptors (Lipinski definition) is 1. The number of hydrogen-bond donors (Lipinski definition) is 1. The molecule has 1 heteroatoms. The predicted molar refractivity (Wildman–Crippen MR) is 82.4 cm³/mol. The van der Waals surface area contributed by atoms with Gasteiger partial charge in [0.05, 0.1) is 6.10 Å². The lowest BCUT2D eigenvalue weighted by Gasteiger charge is -2.60. The van der Waals surface area contributed by atoms with Crippen molar-refractivity contribution in [3.8, 4) is 0 Å². The molecule has 0 aromatic heterocycles. The molecular formula is C19H32O. The van der Waals surface area contributed by atoms with Crippen molar-refractivity contribution in [3.63, 3.8) is 0 Å². The third-order valence-electron chi connectivity index (χ3n) is 8.42. The Labute approximate surface area is 124 Å². The van der Waals surface area contributed by atoms with Crippen LogP contribution in [0.15, 0.2) is 0 Å². The Morgan fingerprint density at radius 1 is 0.850 bits per heavy atom. The van der Waals surface area contributed by atoms with Gasteiger partial charge in [-0.25, -0.2) is 0 Å². The average Bonchev–Trinajstić information content (AvgIpc) is 2.81. The van der Waals surface area contributed by atoms with Crippen LogP contribution in [0.2, 0.25) is 0 Å². The molecule has 0 spiro atoms. The van der Waals surface area contributed by atoms with Crippen molar-refractivity contribution < 1.29 is 5.11 Å². The van der Waals surface area contributed by atoms with Gasteiger partial charge in [0.25, 0.3) is 0 Å². The summed E-state index contributed by atoms with van der Waals surface area (Å²) in [5.41, 5.74) is 1.25. The van der Waals surface area contributed by atoms with Crippen LogP contribution >= 0.6 is 0 Å². The Morgan fingerprint density at radius 3 is 2.55 bits per heavy atom. The van der Waals surface area contributed by atoms with Gasteiger partial charge >= 0.3 is 0 Å². The van der Waals surface area contributed by atoms with Crippen molar-refractivity contribution in [3.05, 3.63) is 0 Å². The maximum absolute atomic E-state index is 10.0. The smallest absolute Gasteiger partial charge is 0.0543 e. The minimum absolute atomic E-state index is 0.00459. The van der Waals surface area contributed by atoms with E-state index in [0.717, 1.165) is 36.5 Å². The molecule has 4 aliphatic rings. The van der Waals surface area contributed by atoms with E-state index >= 15 is 0 Å². The predicted octanol–water partition coefficient (Wildman–Crippen LogP) is 4.78. The first-order chi connectivity index (χ1) is 9.53. The van der Waals surface area contributed by atoms with E-state index in [1.165, 1.54) is 51.4 Å². The summed E-state index contributed by atoms with van der Waals surface area (Å²) in [7, 11) is 0. The van der Waals surface area contributed by atoms with E-state index in [1.54, 1.807) is 0 Å². The molecule has 0 aromatic carbocycles. The first-order valence-corrected chi connectivity index (χ1v) is 9.21. The molecular weight excluding hydrogens is 244 g/mol. The van der Waals surface area contributed by atoms with Crippen LogP contribution < -0.4 is 0 Å². The fraction of sp³-hybridized carbons (Fsp3) is 1.00. The molecule has 0 aliphatic heterocycles. The summed E-state index contributed by atoms with van der Waals surface area (Å²) >= 11 is 0. The van der Waals surface area contributed by atoms with Gasteiger partial charge in [0.2, 0.25) is 0 Å². The molecule has 4 aliphatic carbocycles. The van der Waals surface area contributed by atoms with Crippen molar-refractivity contribution in [2.24, 2.45) is 34.5 Å². The highest BCUT2D eigenvalue weighted by Gasteiger charge is 2.57. The van der Waals surface area contributed by atoms with Crippen LogP contribution in [-0.2, 0) is 0 Å². The second-order valence-corrected chi connectivity index (χ2v) is 9.17. The number of aliphatic hydroxyl groups excluding tert-OH is 1. The van der Waals surface area contributed by atoms with Gasteiger partial charge in [-0.2, -0.15) is 0 Å². The van der Waals surface area contributed by atoms with Gasteiger partial charge in [-0.3, -0.25) is 0 Å². The third kappa shape index (κ3) is 1.77. The molecule has 0 saturated heterocycles. The van der Waals surface area contributed by atoms with Crippen LogP contribution in [0.4, 0.5) is 0 Å². The van der Waals surface area contributed by atoms with Crippen molar-refractivity contribution in [2.75, 3.05) is 0 Å². The van der Waals surface area contributed by atoms with Crippen LogP contribution in [-0.4, -0.2) is 11.2 Å². The second-order valence-electron chi connectivity index (χ2n) is 9.17. The average molecular weight is 276 g/mol. The molecule has 0 amide bonds. The molecule has 0 heterocycles. The Balaban J connectivity index is 1.62. The van der Waals surface area contributed by atoms with E-state index in [2.05, 4.69) is 13.8 Å². The number of aliphatic hydroxyl groups is 1. The zero-order valence-corrected chi connectivity index (χ0v) is 13.4. The van der Waals surface area contributed by atoms with Crippen molar-refractivity contribution in [1.29, 1.82) is 0 Å². The first kappa shape index (κ1) is 13.6. The zero-order valence-electron chi connectivity index (χ0n) is 13.4. The van der Waals surface area contributed by atoms with Gasteiger partial charge in [0.15, 0.2) is 0 Å². The highest BCUT2D eigenvalue weighted by molar-refractivity contribution is 5.07. The molecule has 4 fully saturated rings. The number of fused-ring (bicyclic) bond motifs is 5. The van der Waals surface area contributed by atoms with E-state index in [9.17, 15) is 5.11 Å². The van der Waals surface area contributed by atoms with E-state index in [4.69, 9.17) is 0 Å². The zero-order chi connectivity index (χ0) is 14.0. The van der Waals surface area contributed by atoms with Crippen LogP contribution in [0, 0.1) is 34.5 Å². The Hall–Kier alpha value is -0.0400. The summed E-state index contributed by atoms with van der Waals surface area (Å²) in [5, 5.41) is 10.0. The molecule has 114 valence electrons. The standard InChI is InChI=1S/C19H32O/c1-18-9-3-4-16(18)15-6-5-13-12-14(20)7-11-19(13,2)17(15)8-10-18/h13-17,20H,3-12H2,1-2H3/t13-,14+,15-,16+,17+,18-,19-/m0/s1. The van der Waals surface area contributed by atoms with E-state index in [0.29, 0.717) is 10.8 Å². The third-order valence-corrected chi connectivity index (χ3v) is 8.42. The summed E-state index contributed by atoms with van der Waals surface area (Å²) in [6.07, 6.45) is 13.8. The molecule has 4 rings (SSSR count). The molecule has 1 N–H and O–H groups in total. The quantitative estimate of drug-likeness (QED) is 0.675. The minimum Gasteiger partial charge on any atom is -0.393 e. The fourth-order valence-electron chi connectivity index (χ4n) is 7.23. The number of rotatable bonds is 0. The molecule has 20 heavy (non-hydrogen) atoms. The Bertz CT molecular complexity index is 391. The Morgan fingerprint density at radius 2 is 1.70 bits per heavy atom. The van der Waals surface area contributed by atoms with Crippen LogP contribution in [0.3, 0.4) is 0 Å². The molecule has 0 aromatic rings. The largest absolute Gasteiger partial charge is 0.393 e. The summed E-state index contributed by atoms with van der Waals surface area (Å²) in [5.74, 6) is 3.85. The summed E-state index contributed by atoms with van der Waals surface area (Å²) < 4.78 is 0. The fourth-order valence-corrected chi connectivity index (χ4v) is 7.23. The van der Waals surface area contributed by atoms with E-state index in [-0.39, 0.29) is 6.10 Å². The molecule has 7 atom stereocenters. The summed E-state index contributed by atoms with van der Waals surface area (Å²) in [6, 6.07) is 0. The second kappa shape index (κ2) is 4.48. The van der Waals surface area contributed by atoms with Crippen LogP contribution in [0.1, 0.15) is 78.1 Å². The lowest BCUT2D eigenvalue weighted by molar-refractivity contribution is -0.120. The summed E-state index contributed by atoms with van der Waals surface area (Å²) in [6.45, 7) is 5.19. The molecule has 1 nitrogen and oxygen atoms in total. The lowest BCUT2D eigenvalue weighted by atomic mass is 9.45. The summed E-state index contributed by atoms with van der Waals surface area (Å²) in [4.78, 5) is 0. The van der Waals surface area contributed by atoms with Gasteiger partial charge in [-0.15, -0.1) is 0 Å². The van der Waals surface area contributed by atoms with Crippen molar-refractivity contribution in [1.82, 2.24) is 0 Å². The molecule has 0 bridgehead atoms. The van der Waals surface area contributed by atoms with Gasteiger partial charge < -0.3 is 5.11 Å². The van der Waals surface area contributed by atoms with E-state index in [1.807, 2.05) is 0 Å². The maximum atomic E-state index is 10.0. The van der Waals surface area contributed by atoms with Gasteiger partial charge in [0.1, 0.15) is 0 Å². The maximum Gasteiger partial charge on any atom is 0.0543 e. The normalized spacial score (nSPS) is 58.6. The first-order valence-electron chi connectivity index (χ1n) is 9.21. The van der Waals surface area contributed by atoms with Crippen molar-refractivity contribution >= 4 is 0 Å². The van der Waals surface area contributed by atoms with Gasteiger partial charge in [-0.05, 0) is 92.3 Å². The highest BCUT2D eigenvalue weighted by Crippen LogP contribution is 2.66. The minimum atomic E-state index is 0.00459. The SMILES string of the molecule is C[C@@]12CCC[C@@H]1[C@@H]1CC[C@H]3C[C@H](O)CC[C@]3(C)[C@@H]1CC2. The van der Waals surface area contributed by atoms with Crippen LogP contribution in [0.25, 0.3) is 0 Å².